The molecule has 0 aromatic heterocycles. The van der Waals surface area contributed by atoms with Crippen LogP contribution in [-0.4, -0.2) is 67.3 Å². The van der Waals surface area contributed by atoms with E-state index >= 15 is 0 Å². The van der Waals surface area contributed by atoms with E-state index in [1.165, 1.54) is 56.7 Å². The quantitative estimate of drug-likeness (QED) is 0.0946. The van der Waals surface area contributed by atoms with Gasteiger partial charge in [0.1, 0.15) is 0 Å². The van der Waals surface area contributed by atoms with Gasteiger partial charge in [-0.05, 0) is 72.8 Å². The number of carboxylic acids is 1. The molecule has 0 aliphatic heterocycles. The molecule has 52 heavy (non-hydrogen) atoms. The Morgan fingerprint density at radius 1 is 0.596 bits per heavy atom. The summed E-state index contributed by atoms with van der Waals surface area (Å²) in [4.78, 5) is 75.6. The van der Waals surface area contributed by atoms with Crippen LogP contribution in [0.25, 0.3) is 0 Å². The molecule has 0 saturated heterocycles. The van der Waals surface area contributed by atoms with Crippen LogP contribution in [0.4, 0.5) is 17.1 Å². The largest absolute Gasteiger partial charge is 0.493 e. The molecule has 1 amide bonds. The zero-order valence-corrected chi connectivity index (χ0v) is 28.1. The van der Waals surface area contributed by atoms with Crippen LogP contribution in [0.1, 0.15) is 34.6 Å². The average Bonchev–Trinajstić information content (AvgIpc) is 3.12. The smallest absolute Gasteiger partial charge is 0.349 e. The molecule has 16 heteroatoms. The highest BCUT2D eigenvalue weighted by Crippen LogP contribution is 2.31. The summed E-state index contributed by atoms with van der Waals surface area (Å²) in [5.74, 6) is -7.01. The number of carbonyl (C=O) groups is 6. The van der Waals surface area contributed by atoms with Gasteiger partial charge in [0.05, 0.1) is 36.7 Å². The SMILES string of the molecule is COc1cc(C(=O)O[C@@H](C(=O)O)[C@@H](OC(=O)c2ccc(OC(C)=O)c(OC)c2)C(=O)Nc2ccc(N=Nc3ccccc3)cc2)ccc1OC(C)=O. The van der Waals surface area contributed by atoms with Crippen molar-refractivity contribution in [2.75, 3.05) is 19.5 Å². The van der Waals surface area contributed by atoms with Gasteiger partial charge in [-0.15, -0.1) is 0 Å². The summed E-state index contributed by atoms with van der Waals surface area (Å²) in [5, 5.41) is 20.8. The number of methoxy groups -OCH3 is 2. The van der Waals surface area contributed by atoms with Gasteiger partial charge >= 0.3 is 29.8 Å². The monoisotopic (exact) mass is 713 g/mol. The summed E-state index contributed by atoms with van der Waals surface area (Å²) >= 11 is 0. The molecule has 4 aromatic rings. The predicted molar refractivity (Wildman–Crippen MR) is 180 cm³/mol. The molecule has 0 bridgehead atoms. The van der Waals surface area contributed by atoms with E-state index in [9.17, 15) is 33.9 Å². The second kappa shape index (κ2) is 17.5. The third-order valence-electron chi connectivity index (χ3n) is 6.72. The van der Waals surface area contributed by atoms with Gasteiger partial charge in [0.25, 0.3) is 5.91 Å². The number of anilines is 1. The molecular weight excluding hydrogens is 682 g/mol. The van der Waals surface area contributed by atoms with E-state index in [-0.39, 0.29) is 39.8 Å². The Bertz CT molecular complexity index is 2000. The number of carbonyl (C=O) groups excluding carboxylic acids is 5. The van der Waals surface area contributed by atoms with Gasteiger partial charge in [-0.1, -0.05) is 18.2 Å². The fourth-order valence-electron chi connectivity index (χ4n) is 4.36. The Morgan fingerprint density at radius 2 is 1.06 bits per heavy atom. The summed E-state index contributed by atoms with van der Waals surface area (Å²) in [7, 11) is 2.49. The molecule has 0 spiro atoms. The van der Waals surface area contributed by atoms with Gasteiger partial charge < -0.3 is 38.8 Å². The van der Waals surface area contributed by atoms with Gasteiger partial charge in [0, 0.05) is 19.5 Å². The van der Waals surface area contributed by atoms with Crippen molar-refractivity contribution in [1.29, 1.82) is 0 Å². The van der Waals surface area contributed by atoms with Crippen LogP contribution in [0, 0.1) is 0 Å². The molecule has 0 radical (unpaired) electrons. The Kier molecular flexibility index (Phi) is 12.7. The first-order valence-electron chi connectivity index (χ1n) is 15.1. The number of nitrogens with zero attached hydrogens (tertiary/aromatic N) is 2. The average molecular weight is 714 g/mol. The lowest BCUT2D eigenvalue weighted by atomic mass is 10.1. The van der Waals surface area contributed by atoms with E-state index in [2.05, 4.69) is 15.5 Å². The summed E-state index contributed by atoms with van der Waals surface area (Å²) in [6.07, 6.45) is -4.66. The minimum Gasteiger partial charge on any atom is -0.493 e. The Hall–Kier alpha value is -7.10. The number of carboxylic acid groups (broad SMARTS) is 1. The number of rotatable bonds is 14. The molecule has 16 nitrogen and oxygen atoms in total. The molecule has 268 valence electrons. The van der Waals surface area contributed by atoms with Crippen molar-refractivity contribution >= 4 is 52.8 Å². The lowest BCUT2D eigenvalue weighted by molar-refractivity contribution is -0.157. The fourth-order valence-corrected chi connectivity index (χ4v) is 4.36. The predicted octanol–water partition coefficient (Wildman–Crippen LogP) is 5.44. The lowest BCUT2D eigenvalue weighted by Crippen LogP contribution is -2.48. The number of benzene rings is 4. The van der Waals surface area contributed by atoms with Crippen LogP contribution >= 0.6 is 0 Å². The van der Waals surface area contributed by atoms with Crippen LogP contribution < -0.4 is 24.3 Å². The van der Waals surface area contributed by atoms with E-state index in [1.54, 1.807) is 24.3 Å². The van der Waals surface area contributed by atoms with Crippen molar-refractivity contribution in [3.8, 4) is 23.0 Å². The van der Waals surface area contributed by atoms with E-state index in [0.717, 1.165) is 32.0 Å². The summed E-state index contributed by atoms with van der Waals surface area (Å²) < 4.78 is 31.0. The summed E-state index contributed by atoms with van der Waals surface area (Å²) in [6, 6.07) is 21.9. The normalized spacial score (nSPS) is 11.8. The van der Waals surface area contributed by atoms with Crippen LogP contribution in [0.3, 0.4) is 0 Å². The molecule has 0 saturated carbocycles. The van der Waals surface area contributed by atoms with Crippen LogP contribution in [0.2, 0.25) is 0 Å². The van der Waals surface area contributed by atoms with E-state index < -0.39 is 48.0 Å². The van der Waals surface area contributed by atoms with Crippen molar-refractivity contribution < 1.29 is 62.3 Å². The molecular formula is C36H31N3O13. The topological polar surface area (TPSA) is 215 Å². The first-order chi connectivity index (χ1) is 24.9. The molecule has 0 fully saturated rings. The maximum Gasteiger partial charge on any atom is 0.349 e. The van der Waals surface area contributed by atoms with E-state index in [4.69, 9.17) is 28.4 Å². The first-order valence-corrected chi connectivity index (χ1v) is 15.1. The maximum absolute atomic E-state index is 13.6. The number of azo groups is 1. The second-order valence-corrected chi connectivity index (χ2v) is 10.5. The zero-order chi connectivity index (χ0) is 37.8. The molecule has 0 aliphatic carbocycles. The van der Waals surface area contributed by atoms with Crippen LogP contribution in [0.15, 0.2) is 101 Å². The Balaban J connectivity index is 1.63. The second-order valence-electron chi connectivity index (χ2n) is 10.5. The minimum absolute atomic E-state index is 0.0277. The van der Waals surface area contributed by atoms with E-state index in [0.29, 0.717) is 11.4 Å². The van der Waals surface area contributed by atoms with Crippen molar-refractivity contribution in [2.45, 2.75) is 26.1 Å². The van der Waals surface area contributed by atoms with Crippen LogP contribution in [-0.2, 0) is 28.7 Å². The third kappa shape index (κ3) is 10.2. The molecule has 0 aliphatic rings. The number of ether oxygens (including phenoxy) is 6. The van der Waals surface area contributed by atoms with Gasteiger partial charge in [0.2, 0.25) is 12.2 Å². The molecule has 0 heterocycles. The number of esters is 4. The molecule has 0 unspecified atom stereocenters. The van der Waals surface area contributed by atoms with E-state index in [1.807, 2.05) is 6.07 Å². The number of hydrogen-bond donors (Lipinski definition) is 2. The highest BCUT2D eigenvalue weighted by Gasteiger charge is 2.41. The van der Waals surface area contributed by atoms with Gasteiger partial charge in [-0.25, -0.2) is 14.4 Å². The minimum atomic E-state index is -2.39. The Morgan fingerprint density at radius 3 is 1.50 bits per heavy atom. The Labute approximate surface area is 295 Å². The maximum atomic E-state index is 13.6. The first kappa shape index (κ1) is 37.7. The number of amides is 1. The van der Waals surface area contributed by atoms with Gasteiger partial charge in [-0.2, -0.15) is 10.2 Å². The molecule has 4 rings (SSSR count). The standard InChI is InChI=1S/C36H31N3O13/c1-20(40)49-27-16-10-22(18-29(27)47-3)35(45)51-31(33(42)37-24-12-14-26(15-13-24)39-38-25-8-6-5-7-9-25)32(34(43)44)52-36(46)23-11-17-28(50-21(2)41)30(19-23)48-4/h5-19,31-32H,1-4H3,(H,37,42)(H,43,44)/t31-,32-/m1/s1. The highest BCUT2D eigenvalue weighted by molar-refractivity contribution is 6.02. The van der Waals surface area contributed by atoms with Crippen molar-refractivity contribution in [1.82, 2.24) is 0 Å². The third-order valence-corrected chi connectivity index (χ3v) is 6.72. The van der Waals surface area contributed by atoms with Crippen molar-refractivity contribution in [2.24, 2.45) is 10.2 Å². The lowest BCUT2D eigenvalue weighted by Gasteiger charge is -2.24. The highest BCUT2D eigenvalue weighted by atomic mass is 16.6. The fraction of sp³-hybridized carbons (Fsp3) is 0.167. The number of hydrogen-bond acceptors (Lipinski definition) is 14. The van der Waals surface area contributed by atoms with Crippen molar-refractivity contribution in [3.63, 3.8) is 0 Å². The number of aliphatic carboxylic acids is 1. The van der Waals surface area contributed by atoms with Crippen LogP contribution in [0.5, 0.6) is 23.0 Å². The molecule has 2 atom stereocenters. The molecule has 4 aromatic carbocycles. The zero-order valence-electron chi connectivity index (χ0n) is 28.1. The van der Waals surface area contributed by atoms with Crippen molar-refractivity contribution in [3.05, 3.63) is 102 Å². The van der Waals surface area contributed by atoms with Gasteiger partial charge in [0.15, 0.2) is 23.0 Å². The summed E-state index contributed by atoms with van der Waals surface area (Å²) in [5.41, 5.74) is 0.675. The van der Waals surface area contributed by atoms with Gasteiger partial charge in [-0.3, -0.25) is 14.4 Å². The molecule has 2 N–H and O–H groups in total. The number of nitrogens with one attached hydrogen (secondary N) is 1. The summed E-state index contributed by atoms with van der Waals surface area (Å²) in [6.45, 7) is 2.31.